The molecule has 1 rings (SSSR count). The van der Waals surface area contributed by atoms with Gasteiger partial charge in [-0.2, -0.15) is 0 Å². The first-order chi connectivity index (χ1) is 8.17. The van der Waals surface area contributed by atoms with Crippen LogP contribution in [0.2, 0.25) is 0 Å². The van der Waals surface area contributed by atoms with Gasteiger partial charge in [0.1, 0.15) is 0 Å². The predicted octanol–water partition coefficient (Wildman–Crippen LogP) is 2.04. The summed E-state index contributed by atoms with van der Waals surface area (Å²) in [7, 11) is 1.73. The molecule has 0 aliphatic rings. The van der Waals surface area contributed by atoms with Crippen molar-refractivity contribution in [3.8, 4) is 0 Å². The maximum absolute atomic E-state index is 8.99. The monoisotopic (exact) mass is 237 g/mol. The third-order valence-corrected chi connectivity index (χ3v) is 2.90. The molecule has 0 fully saturated rings. The van der Waals surface area contributed by atoms with E-state index < -0.39 is 0 Å². The van der Waals surface area contributed by atoms with E-state index in [9.17, 15) is 0 Å². The first kappa shape index (κ1) is 14.2. The lowest BCUT2D eigenvalue weighted by atomic mass is 10.1. The molecule has 0 heterocycles. The molecule has 0 aromatic heterocycles. The molecule has 0 unspecified atom stereocenters. The normalized spacial score (nSPS) is 11.4. The van der Waals surface area contributed by atoms with Crippen LogP contribution in [0, 0.1) is 0 Å². The molecule has 0 radical (unpaired) electrons. The molecule has 0 aliphatic carbocycles. The first-order valence-electron chi connectivity index (χ1n) is 6.09. The first-order valence-corrected chi connectivity index (χ1v) is 6.09. The summed E-state index contributed by atoms with van der Waals surface area (Å²) in [6.45, 7) is 7.11. The van der Waals surface area contributed by atoms with Gasteiger partial charge in [-0.05, 0) is 25.0 Å². The van der Waals surface area contributed by atoms with Crippen LogP contribution in [0.15, 0.2) is 24.3 Å². The fourth-order valence-electron chi connectivity index (χ4n) is 1.71. The Labute approximate surface area is 104 Å². The smallest absolute Gasteiger partial charge is 0.0681 e. The van der Waals surface area contributed by atoms with Crippen LogP contribution in [-0.4, -0.2) is 36.3 Å². The van der Waals surface area contributed by atoms with E-state index in [1.165, 1.54) is 5.56 Å². The van der Waals surface area contributed by atoms with Crippen LogP contribution >= 0.6 is 0 Å². The Morgan fingerprint density at radius 1 is 1.18 bits per heavy atom. The van der Waals surface area contributed by atoms with Gasteiger partial charge in [0, 0.05) is 26.2 Å². The largest absolute Gasteiger partial charge is 0.392 e. The number of nitrogens with zero attached hydrogens (tertiary/aromatic N) is 1. The Balaban J connectivity index is 2.58. The Morgan fingerprint density at radius 2 is 1.76 bits per heavy atom. The van der Waals surface area contributed by atoms with Crippen molar-refractivity contribution in [1.29, 1.82) is 0 Å². The Morgan fingerprint density at radius 3 is 2.24 bits per heavy atom. The van der Waals surface area contributed by atoms with Gasteiger partial charge in [0.15, 0.2) is 0 Å². The number of aliphatic hydroxyl groups is 1. The quantitative estimate of drug-likeness (QED) is 0.787. The van der Waals surface area contributed by atoms with E-state index in [-0.39, 0.29) is 6.61 Å². The fourth-order valence-corrected chi connectivity index (χ4v) is 1.71. The van der Waals surface area contributed by atoms with Crippen molar-refractivity contribution in [1.82, 2.24) is 4.90 Å². The molecule has 96 valence electrons. The topological polar surface area (TPSA) is 32.7 Å². The summed E-state index contributed by atoms with van der Waals surface area (Å²) in [6, 6.07) is 8.61. The van der Waals surface area contributed by atoms with Crippen molar-refractivity contribution < 1.29 is 9.84 Å². The number of aliphatic hydroxyl groups excluding tert-OH is 1. The van der Waals surface area contributed by atoms with Crippen molar-refractivity contribution >= 4 is 0 Å². The van der Waals surface area contributed by atoms with Crippen molar-refractivity contribution in [2.24, 2.45) is 0 Å². The average Bonchev–Trinajstić information content (AvgIpc) is 2.35. The van der Waals surface area contributed by atoms with Gasteiger partial charge in [-0.15, -0.1) is 0 Å². The lowest BCUT2D eigenvalue weighted by molar-refractivity contribution is 0.125. The molecule has 3 heteroatoms. The van der Waals surface area contributed by atoms with Crippen LogP contribution in [0.1, 0.15) is 25.0 Å². The van der Waals surface area contributed by atoms with Gasteiger partial charge in [0.2, 0.25) is 0 Å². The number of hydrogen-bond donors (Lipinski definition) is 1. The highest BCUT2D eigenvalue weighted by molar-refractivity contribution is 5.21. The summed E-state index contributed by atoms with van der Waals surface area (Å²) >= 11 is 0. The number of methoxy groups -OCH3 is 1. The minimum atomic E-state index is 0.109. The molecule has 0 bridgehead atoms. The van der Waals surface area contributed by atoms with Gasteiger partial charge in [0.05, 0.1) is 13.2 Å². The molecule has 17 heavy (non-hydrogen) atoms. The summed E-state index contributed by atoms with van der Waals surface area (Å²) in [5.41, 5.74) is 2.23. The summed E-state index contributed by atoms with van der Waals surface area (Å²) in [5.74, 6) is 0. The van der Waals surface area contributed by atoms with E-state index in [1.54, 1.807) is 7.11 Å². The van der Waals surface area contributed by atoms with Crippen LogP contribution in [0.3, 0.4) is 0 Å². The Kier molecular flexibility index (Phi) is 6.19. The highest BCUT2D eigenvalue weighted by atomic mass is 16.5. The maximum atomic E-state index is 8.99. The summed E-state index contributed by atoms with van der Waals surface area (Å²) in [6.07, 6.45) is 0. The van der Waals surface area contributed by atoms with E-state index in [4.69, 9.17) is 9.84 Å². The second-order valence-corrected chi connectivity index (χ2v) is 4.53. The van der Waals surface area contributed by atoms with E-state index in [0.29, 0.717) is 6.04 Å². The number of ether oxygens (including phenoxy) is 1. The Hall–Kier alpha value is -0.900. The SMILES string of the molecule is COCCN(Cc1ccc(CO)cc1)C(C)C. The lowest BCUT2D eigenvalue weighted by Crippen LogP contribution is -2.33. The van der Waals surface area contributed by atoms with E-state index in [1.807, 2.05) is 12.1 Å². The molecule has 0 aliphatic heterocycles. The van der Waals surface area contributed by atoms with Crippen LogP contribution < -0.4 is 0 Å². The fraction of sp³-hybridized carbons (Fsp3) is 0.571. The maximum Gasteiger partial charge on any atom is 0.0681 e. The standard InChI is InChI=1S/C14H23NO2/c1-12(2)15(8-9-17-3)10-13-4-6-14(11-16)7-5-13/h4-7,12,16H,8-11H2,1-3H3. The molecule has 1 N–H and O–H groups in total. The molecule has 1 aromatic rings. The van der Waals surface area contributed by atoms with E-state index in [2.05, 4.69) is 30.9 Å². The van der Waals surface area contributed by atoms with Crippen LogP contribution in [-0.2, 0) is 17.9 Å². The van der Waals surface area contributed by atoms with Gasteiger partial charge >= 0.3 is 0 Å². The molecule has 3 nitrogen and oxygen atoms in total. The highest BCUT2D eigenvalue weighted by Crippen LogP contribution is 2.10. The molecule has 0 atom stereocenters. The van der Waals surface area contributed by atoms with Crippen molar-refractivity contribution in [3.63, 3.8) is 0 Å². The summed E-state index contributed by atoms with van der Waals surface area (Å²) in [5, 5.41) is 8.99. The zero-order valence-electron chi connectivity index (χ0n) is 11.0. The minimum absolute atomic E-state index is 0.109. The average molecular weight is 237 g/mol. The van der Waals surface area contributed by atoms with E-state index >= 15 is 0 Å². The second kappa shape index (κ2) is 7.43. The minimum Gasteiger partial charge on any atom is -0.392 e. The Bertz CT molecular complexity index is 309. The molecule has 0 saturated carbocycles. The molecular formula is C14H23NO2. The van der Waals surface area contributed by atoms with Crippen molar-refractivity contribution in [2.45, 2.75) is 33.0 Å². The predicted molar refractivity (Wildman–Crippen MR) is 69.8 cm³/mol. The number of benzene rings is 1. The highest BCUT2D eigenvalue weighted by Gasteiger charge is 2.09. The van der Waals surface area contributed by atoms with Crippen LogP contribution in [0.5, 0.6) is 0 Å². The third kappa shape index (κ3) is 4.86. The zero-order valence-corrected chi connectivity index (χ0v) is 11.0. The van der Waals surface area contributed by atoms with Gasteiger partial charge in [-0.1, -0.05) is 24.3 Å². The van der Waals surface area contributed by atoms with Crippen molar-refractivity contribution in [2.75, 3.05) is 20.3 Å². The van der Waals surface area contributed by atoms with Crippen LogP contribution in [0.25, 0.3) is 0 Å². The zero-order chi connectivity index (χ0) is 12.7. The van der Waals surface area contributed by atoms with Crippen LogP contribution in [0.4, 0.5) is 0 Å². The molecule has 0 spiro atoms. The van der Waals surface area contributed by atoms with E-state index in [0.717, 1.165) is 25.3 Å². The molecule has 0 amide bonds. The third-order valence-electron chi connectivity index (χ3n) is 2.90. The molecule has 0 saturated heterocycles. The number of rotatable bonds is 7. The second-order valence-electron chi connectivity index (χ2n) is 4.53. The molecular weight excluding hydrogens is 214 g/mol. The lowest BCUT2D eigenvalue weighted by Gasteiger charge is -2.26. The van der Waals surface area contributed by atoms with Crippen molar-refractivity contribution in [3.05, 3.63) is 35.4 Å². The summed E-state index contributed by atoms with van der Waals surface area (Å²) in [4.78, 5) is 2.37. The molecule has 1 aromatic carbocycles. The summed E-state index contributed by atoms with van der Waals surface area (Å²) < 4.78 is 5.12. The van der Waals surface area contributed by atoms with Gasteiger partial charge in [-0.25, -0.2) is 0 Å². The van der Waals surface area contributed by atoms with Gasteiger partial charge < -0.3 is 9.84 Å². The number of hydrogen-bond acceptors (Lipinski definition) is 3. The van der Waals surface area contributed by atoms with Gasteiger partial charge in [0.25, 0.3) is 0 Å². The van der Waals surface area contributed by atoms with Gasteiger partial charge in [-0.3, -0.25) is 4.90 Å².